The van der Waals surface area contributed by atoms with Crippen molar-refractivity contribution in [2.45, 2.75) is 13.5 Å². The Labute approximate surface area is 129 Å². The van der Waals surface area contributed by atoms with Crippen LogP contribution in [0.2, 0.25) is 5.15 Å². The van der Waals surface area contributed by atoms with Crippen molar-refractivity contribution in [2.75, 3.05) is 25.7 Å². The number of rotatable bonds is 6. The molecule has 21 heavy (non-hydrogen) atoms. The zero-order chi connectivity index (χ0) is 15.2. The van der Waals surface area contributed by atoms with E-state index in [0.717, 1.165) is 11.4 Å². The van der Waals surface area contributed by atoms with Gasteiger partial charge in [0.25, 0.3) is 0 Å². The fourth-order valence-corrected chi connectivity index (χ4v) is 2.03. The third-order valence-corrected chi connectivity index (χ3v) is 3.14. The van der Waals surface area contributed by atoms with Crippen molar-refractivity contribution in [3.8, 4) is 5.75 Å². The average molecular weight is 308 g/mol. The normalized spacial score (nSPS) is 10.5. The van der Waals surface area contributed by atoms with Crippen LogP contribution < -0.4 is 9.64 Å². The number of ether oxygens (including phenoxy) is 2. The highest BCUT2D eigenvalue weighted by atomic mass is 35.5. The molecular formula is C15H18ClN3O2. The van der Waals surface area contributed by atoms with Crippen molar-refractivity contribution in [3.05, 3.63) is 41.3 Å². The Kier molecular flexibility index (Phi) is 5.36. The van der Waals surface area contributed by atoms with E-state index in [1.165, 1.54) is 0 Å². The van der Waals surface area contributed by atoms with Gasteiger partial charge in [-0.3, -0.25) is 0 Å². The third kappa shape index (κ3) is 4.06. The molecule has 0 aliphatic heterocycles. The van der Waals surface area contributed by atoms with Crippen molar-refractivity contribution in [3.63, 3.8) is 0 Å². The molecule has 0 atom stereocenters. The second-order valence-corrected chi connectivity index (χ2v) is 4.75. The monoisotopic (exact) mass is 307 g/mol. The zero-order valence-corrected chi connectivity index (χ0v) is 13.1. The molecule has 1 aromatic carbocycles. The first-order valence-electron chi connectivity index (χ1n) is 6.63. The predicted molar refractivity (Wildman–Crippen MR) is 83.4 cm³/mol. The second-order valence-electron chi connectivity index (χ2n) is 4.36. The SMILES string of the molecule is CCOCc1nc(Cl)cc(N(C)c2cccc(OC)c2)n1. The van der Waals surface area contributed by atoms with Gasteiger partial charge in [0.2, 0.25) is 0 Å². The summed E-state index contributed by atoms with van der Waals surface area (Å²) in [6, 6.07) is 9.44. The average Bonchev–Trinajstić information content (AvgIpc) is 2.51. The standard InChI is InChI=1S/C15H18ClN3O2/c1-4-21-10-14-17-13(16)9-15(18-14)19(2)11-6-5-7-12(8-11)20-3/h5-9H,4,10H2,1-3H3. The van der Waals surface area contributed by atoms with Crippen LogP contribution in [0.15, 0.2) is 30.3 Å². The summed E-state index contributed by atoms with van der Waals surface area (Å²) in [5.74, 6) is 2.06. The molecule has 6 heteroatoms. The van der Waals surface area contributed by atoms with Gasteiger partial charge in [-0.25, -0.2) is 9.97 Å². The summed E-state index contributed by atoms with van der Waals surface area (Å²) in [6.07, 6.45) is 0. The van der Waals surface area contributed by atoms with Gasteiger partial charge in [0.05, 0.1) is 7.11 Å². The summed E-state index contributed by atoms with van der Waals surface area (Å²) >= 11 is 6.06. The summed E-state index contributed by atoms with van der Waals surface area (Å²) in [7, 11) is 3.55. The molecule has 0 radical (unpaired) electrons. The van der Waals surface area contributed by atoms with Gasteiger partial charge in [-0.15, -0.1) is 0 Å². The summed E-state index contributed by atoms with van der Waals surface area (Å²) in [5, 5.41) is 0.393. The van der Waals surface area contributed by atoms with Gasteiger partial charge < -0.3 is 14.4 Å². The highest BCUT2D eigenvalue weighted by molar-refractivity contribution is 6.29. The Hall–Kier alpha value is -1.85. The molecule has 0 fully saturated rings. The van der Waals surface area contributed by atoms with Gasteiger partial charge in [-0.05, 0) is 19.1 Å². The smallest absolute Gasteiger partial charge is 0.158 e. The lowest BCUT2D eigenvalue weighted by molar-refractivity contribution is 0.128. The van der Waals surface area contributed by atoms with Gasteiger partial charge in [0.1, 0.15) is 23.3 Å². The molecule has 0 N–H and O–H groups in total. The number of halogens is 1. The summed E-state index contributed by atoms with van der Waals surface area (Å²) in [4.78, 5) is 10.5. The Morgan fingerprint density at radius 3 is 2.76 bits per heavy atom. The molecule has 1 aromatic heterocycles. The van der Waals surface area contributed by atoms with Crippen molar-refractivity contribution in [2.24, 2.45) is 0 Å². The largest absolute Gasteiger partial charge is 0.497 e. The third-order valence-electron chi connectivity index (χ3n) is 2.95. The van der Waals surface area contributed by atoms with Crippen LogP contribution >= 0.6 is 11.6 Å². The van der Waals surface area contributed by atoms with E-state index in [1.807, 2.05) is 43.1 Å². The number of aromatic nitrogens is 2. The molecule has 0 aliphatic carbocycles. The van der Waals surface area contributed by atoms with Crippen LogP contribution in [0.1, 0.15) is 12.7 Å². The Balaban J connectivity index is 2.28. The van der Waals surface area contributed by atoms with E-state index in [9.17, 15) is 0 Å². The highest BCUT2D eigenvalue weighted by Gasteiger charge is 2.10. The minimum Gasteiger partial charge on any atom is -0.497 e. The van der Waals surface area contributed by atoms with E-state index >= 15 is 0 Å². The van der Waals surface area contributed by atoms with E-state index in [1.54, 1.807) is 13.2 Å². The van der Waals surface area contributed by atoms with E-state index < -0.39 is 0 Å². The van der Waals surface area contributed by atoms with Crippen LogP contribution in [0.25, 0.3) is 0 Å². The zero-order valence-electron chi connectivity index (χ0n) is 12.3. The lowest BCUT2D eigenvalue weighted by Gasteiger charge is -2.19. The molecule has 2 aromatic rings. The Morgan fingerprint density at radius 1 is 1.24 bits per heavy atom. The lowest BCUT2D eigenvalue weighted by Crippen LogP contribution is -2.13. The number of hydrogen-bond acceptors (Lipinski definition) is 5. The van der Waals surface area contributed by atoms with E-state index in [2.05, 4.69) is 9.97 Å². The molecular weight excluding hydrogens is 290 g/mol. The minimum absolute atomic E-state index is 0.343. The molecule has 2 rings (SSSR count). The van der Waals surface area contributed by atoms with Crippen molar-refractivity contribution in [1.82, 2.24) is 9.97 Å². The molecule has 0 amide bonds. The first kappa shape index (κ1) is 15.5. The van der Waals surface area contributed by atoms with Gasteiger partial charge in [0, 0.05) is 31.5 Å². The number of hydrogen-bond donors (Lipinski definition) is 0. The van der Waals surface area contributed by atoms with Crippen LogP contribution in [0.3, 0.4) is 0 Å². The maximum atomic E-state index is 6.06. The van der Waals surface area contributed by atoms with Crippen molar-refractivity contribution >= 4 is 23.1 Å². The van der Waals surface area contributed by atoms with Gasteiger partial charge in [-0.1, -0.05) is 17.7 Å². The molecule has 0 spiro atoms. The van der Waals surface area contributed by atoms with Crippen LogP contribution in [-0.2, 0) is 11.3 Å². The lowest BCUT2D eigenvalue weighted by atomic mass is 10.3. The second kappa shape index (κ2) is 7.24. The number of benzene rings is 1. The number of anilines is 2. The fourth-order valence-electron chi connectivity index (χ4n) is 1.83. The Bertz CT molecular complexity index is 607. The van der Waals surface area contributed by atoms with Gasteiger partial charge in [-0.2, -0.15) is 0 Å². The summed E-state index contributed by atoms with van der Waals surface area (Å²) < 4.78 is 10.6. The number of methoxy groups -OCH3 is 1. The molecule has 0 aliphatic rings. The highest BCUT2D eigenvalue weighted by Crippen LogP contribution is 2.26. The van der Waals surface area contributed by atoms with E-state index in [0.29, 0.717) is 30.0 Å². The molecule has 112 valence electrons. The van der Waals surface area contributed by atoms with Crippen LogP contribution in [0.4, 0.5) is 11.5 Å². The van der Waals surface area contributed by atoms with Gasteiger partial charge >= 0.3 is 0 Å². The maximum Gasteiger partial charge on any atom is 0.158 e. The molecule has 0 saturated heterocycles. The topological polar surface area (TPSA) is 47.5 Å². The predicted octanol–water partition coefficient (Wildman–Crippen LogP) is 3.44. The fraction of sp³-hybridized carbons (Fsp3) is 0.333. The van der Waals surface area contributed by atoms with Gasteiger partial charge in [0.15, 0.2) is 5.82 Å². The minimum atomic E-state index is 0.343. The first-order chi connectivity index (χ1) is 10.1. The van der Waals surface area contributed by atoms with Crippen LogP contribution in [0, 0.1) is 0 Å². The van der Waals surface area contributed by atoms with Crippen LogP contribution in [-0.4, -0.2) is 30.7 Å². The first-order valence-corrected chi connectivity index (χ1v) is 7.00. The van der Waals surface area contributed by atoms with E-state index in [4.69, 9.17) is 21.1 Å². The van der Waals surface area contributed by atoms with E-state index in [-0.39, 0.29) is 0 Å². The molecule has 0 saturated carbocycles. The quantitative estimate of drug-likeness (QED) is 0.765. The molecule has 5 nitrogen and oxygen atoms in total. The van der Waals surface area contributed by atoms with Crippen molar-refractivity contribution in [1.29, 1.82) is 0 Å². The van der Waals surface area contributed by atoms with Crippen molar-refractivity contribution < 1.29 is 9.47 Å². The molecule has 1 heterocycles. The molecule has 0 bridgehead atoms. The number of nitrogens with zero attached hydrogens (tertiary/aromatic N) is 3. The van der Waals surface area contributed by atoms with Crippen LogP contribution in [0.5, 0.6) is 5.75 Å². The summed E-state index contributed by atoms with van der Waals surface area (Å²) in [6.45, 7) is 2.88. The maximum absolute atomic E-state index is 6.06. The summed E-state index contributed by atoms with van der Waals surface area (Å²) in [5.41, 5.74) is 0.950. The molecule has 0 unspecified atom stereocenters. The Morgan fingerprint density at radius 2 is 2.05 bits per heavy atom.